The summed E-state index contributed by atoms with van der Waals surface area (Å²) in [6.45, 7) is 8.67. The van der Waals surface area contributed by atoms with Crippen LogP contribution in [0.15, 0.2) is 5.16 Å². The van der Waals surface area contributed by atoms with E-state index in [9.17, 15) is 0 Å². The molecule has 0 aromatic rings. The number of nitrogens with zero attached hydrogens (tertiary/aromatic N) is 1. The zero-order valence-electron chi connectivity index (χ0n) is 10.3. The van der Waals surface area contributed by atoms with Crippen molar-refractivity contribution >= 4 is 5.84 Å². The van der Waals surface area contributed by atoms with Crippen molar-refractivity contribution in [3.05, 3.63) is 0 Å². The molecule has 4 heteroatoms. The van der Waals surface area contributed by atoms with E-state index in [1.165, 1.54) is 12.8 Å². The van der Waals surface area contributed by atoms with Gasteiger partial charge in [0.1, 0.15) is 5.84 Å². The Labute approximate surface area is 92.9 Å². The molecule has 0 saturated carbocycles. The van der Waals surface area contributed by atoms with E-state index >= 15 is 0 Å². The highest BCUT2D eigenvalue weighted by Crippen LogP contribution is 2.13. The fraction of sp³-hybridized carbons (Fsp3) is 0.909. The minimum absolute atomic E-state index is 0.247. The van der Waals surface area contributed by atoms with Crippen molar-refractivity contribution in [3.63, 3.8) is 0 Å². The summed E-state index contributed by atoms with van der Waals surface area (Å²) < 4.78 is 0. The Balaban J connectivity index is 3.99. The fourth-order valence-corrected chi connectivity index (χ4v) is 1.99. The Morgan fingerprint density at radius 1 is 1.33 bits per heavy atom. The van der Waals surface area contributed by atoms with E-state index in [2.05, 4.69) is 38.2 Å². The molecule has 0 aromatic heterocycles. The van der Waals surface area contributed by atoms with Crippen LogP contribution in [-0.2, 0) is 0 Å². The van der Waals surface area contributed by atoms with Gasteiger partial charge < -0.3 is 16.3 Å². The lowest BCUT2D eigenvalue weighted by Crippen LogP contribution is -2.41. The molecule has 0 heterocycles. The van der Waals surface area contributed by atoms with Gasteiger partial charge in [0.25, 0.3) is 0 Å². The van der Waals surface area contributed by atoms with Crippen LogP contribution in [0.25, 0.3) is 0 Å². The molecule has 4 N–H and O–H groups in total. The Morgan fingerprint density at radius 3 is 2.27 bits per heavy atom. The van der Waals surface area contributed by atoms with E-state index in [0.29, 0.717) is 18.4 Å². The van der Waals surface area contributed by atoms with Crippen molar-refractivity contribution in [3.8, 4) is 0 Å². The van der Waals surface area contributed by atoms with Crippen molar-refractivity contribution in [1.82, 2.24) is 5.32 Å². The quantitative estimate of drug-likeness (QED) is 0.263. The van der Waals surface area contributed by atoms with Crippen molar-refractivity contribution in [1.29, 1.82) is 0 Å². The number of nitrogens with two attached hydrogens (primary N) is 1. The number of rotatable bonds is 7. The lowest BCUT2D eigenvalue weighted by molar-refractivity contribution is 0.310. The third-order valence-corrected chi connectivity index (χ3v) is 2.95. The van der Waals surface area contributed by atoms with Crippen molar-refractivity contribution in [2.75, 3.05) is 0 Å². The standard InChI is InChI=1S/C11H25N3O/c1-5-10(6-2)9(4)13-8(3)7-11(12)14-15/h8-10,13,15H,5-7H2,1-4H3,(H2,12,14). The Morgan fingerprint density at radius 2 is 1.87 bits per heavy atom. The molecule has 15 heavy (non-hydrogen) atoms. The normalized spacial score (nSPS) is 16.7. The zero-order valence-corrected chi connectivity index (χ0v) is 10.3. The number of oxime groups is 1. The first-order valence-corrected chi connectivity index (χ1v) is 5.77. The zero-order chi connectivity index (χ0) is 11.8. The number of hydrogen-bond acceptors (Lipinski definition) is 3. The van der Waals surface area contributed by atoms with Gasteiger partial charge in [-0.15, -0.1) is 0 Å². The highest BCUT2D eigenvalue weighted by atomic mass is 16.4. The Bertz CT molecular complexity index is 190. The van der Waals surface area contributed by atoms with E-state index in [-0.39, 0.29) is 11.9 Å². The average Bonchev–Trinajstić information content (AvgIpc) is 2.19. The highest BCUT2D eigenvalue weighted by Gasteiger charge is 2.15. The Hall–Kier alpha value is -0.770. The Kier molecular flexibility index (Phi) is 7.13. The van der Waals surface area contributed by atoms with E-state index in [0.717, 1.165) is 0 Å². The van der Waals surface area contributed by atoms with E-state index in [4.69, 9.17) is 10.9 Å². The molecule has 90 valence electrons. The van der Waals surface area contributed by atoms with E-state index in [1.54, 1.807) is 0 Å². The predicted molar refractivity (Wildman–Crippen MR) is 64.2 cm³/mol. The van der Waals surface area contributed by atoms with Gasteiger partial charge in [-0.2, -0.15) is 0 Å². The number of nitrogens with one attached hydrogen (secondary N) is 1. The van der Waals surface area contributed by atoms with Gasteiger partial charge in [0.15, 0.2) is 0 Å². The minimum atomic E-state index is 0.247. The van der Waals surface area contributed by atoms with Gasteiger partial charge in [0.2, 0.25) is 0 Å². The van der Waals surface area contributed by atoms with Gasteiger partial charge in [-0.1, -0.05) is 31.8 Å². The van der Waals surface area contributed by atoms with Gasteiger partial charge in [-0.3, -0.25) is 0 Å². The van der Waals surface area contributed by atoms with Gasteiger partial charge in [-0.05, 0) is 19.8 Å². The molecule has 2 atom stereocenters. The van der Waals surface area contributed by atoms with Crippen LogP contribution in [0, 0.1) is 5.92 Å². The first-order chi connectivity index (χ1) is 7.04. The molecule has 0 aromatic carbocycles. The van der Waals surface area contributed by atoms with Crippen LogP contribution in [0.3, 0.4) is 0 Å². The van der Waals surface area contributed by atoms with Crippen LogP contribution >= 0.6 is 0 Å². The second kappa shape index (κ2) is 7.51. The van der Waals surface area contributed by atoms with E-state index in [1.807, 2.05) is 0 Å². The third kappa shape index (κ3) is 5.62. The summed E-state index contributed by atoms with van der Waals surface area (Å²) in [5, 5.41) is 14.9. The summed E-state index contributed by atoms with van der Waals surface area (Å²) >= 11 is 0. The average molecular weight is 215 g/mol. The molecule has 0 radical (unpaired) electrons. The predicted octanol–water partition coefficient (Wildman–Crippen LogP) is 1.93. The van der Waals surface area contributed by atoms with Crippen molar-refractivity contribution < 1.29 is 5.21 Å². The lowest BCUT2D eigenvalue weighted by Gasteiger charge is -2.26. The summed E-state index contributed by atoms with van der Waals surface area (Å²) in [5.41, 5.74) is 5.45. The van der Waals surface area contributed by atoms with Crippen LogP contribution in [-0.4, -0.2) is 23.1 Å². The summed E-state index contributed by atoms with van der Waals surface area (Å²) in [7, 11) is 0. The maximum Gasteiger partial charge on any atom is 0.140 e. The van der Waals surface area contributed by atoms with Gasteiger partial charge in [0, 0.05) is 18.5 Å². The summed E-state index contributed by atoms with van der Waals surface area (Å²) in [5.74, 6) is 0.978. The van der Waals surface area contributed by atoms with Crippen LogP contribution in [0.1, 0.15) is 47.0 Å². The maximum absolute atomic E-state index is 8.45. The largest absolute Gasteiger partial charge is 0.409 e. The molecule has 4 nitrogen and oxygen atoms in total. The van der Waals surface area contributed by atoms with Crippen molar-refractivity contribution in [2.45, 2.75) is 59.0 Å². The smallest absolute Gasteiger partial charge is 0.140 e. The van der Waals surface area contributed by atoms with Gasteiger partial charge >= 0.3 is 0 Å². The lowest BCUT2D eigenvalue weighted by atomic mass is 9.95. The SMILES string of the molecule is CCC(CC)C(C)NC(C)CC(N)=NO. The molecule has 0 rings (SSSR count). The molecule has 0 spiro atoms. The van der Waals surface area contributed by atoms with Crippen LogP contribution in [0.2, 0.25) is 0 Å². The number of hydrogen-bond donors (Lipinski definition) is 3. The fourth-order valence-electron chi connectivity index (χ4n) is 1.99. The molecule has 0 aliphatic heterocycles. The second-order valence-electron chi connectivity index (χ2n) is 4.23. The van der Waals surface area contributed by atoms with E-state index < -0.39 is 0 Å². The summed E-state index contributed by atoms with van der Waals surface area (Å²) in [6.07, 6.45) is 2.95. The summed E-state index contributed by atoms with van der Waals surface area (Å²) in [4.78, 5) is 0. The molecule has 0 saturated heterocycles. The van der Waals surface area contributed by atoms with Crippen molar-refractivity contribution in [2.24, 2.45) is 16.8 Å². The molecular formula is C11H25N3O. The molecule has 2 unspecified atom stereocenters. The molecule has 0 aliphatic carbocycles. The molecule has 0 fully saturated rings. The monoisotopic (exact) mass is 215 g/mol. The maximum atomic E-state index is 8.45. The number of amidine groups is 1. The van der Waals surface area contributed by atoms with Crippen LogP contribution in [0.5, 0.6) is 0 Å². The molecule has 0 amide bonds. The van der Waals surface area contributed by atoms with Crippen LogP contribution < -0.4 is 11.1 Å². The van der Waals surface area contributed by atoms with Crippen LogP contribution in [0.4, 0.5) is 0 Å². The molecular weight excluding hydrogens is 190 g/mol. The summed E-state index contributed by atoms with van der Waals surface area (Å²) in [6, 6.07) is 0.720. The topological polar surface area (TPSA) is 70.6 Å². The molecule has 0 aliphatic rings. The van der Waals surface area contributed by atoms with Gasteiger partial charge in [-0.25, -0.2) is 0 Å². The highest BCUT2D eigenvalue weighted by molar-refractivity contribution is 5.80. The minimum Gasteiger partial charge on any atom is -0.409 e. The molecule has 0 bridgehead atoms. The second-order valence-corrected chi connectivity index (χ2v) is 4.23. The van der Waals surface area contributed by atoms with Gasteiger partial charge in [0.05, 0.1) is 0 Å². The third-order valence-electron chi connectivity index (χ3n) is 2.95. The first kappa shape index (κ1) is 14.2. The first-order valence-electron chi connectivity index (χ1n) is 5.77.